The zero-order valence-corrected chi connectivity index (χ0v) is 15.8. The molecule has 1 aromatic heterocycles. The first kappa shape index (κ1) is 19.2. The molecule has 0 bridgehead atoms. The summed E-state index contributed by atoms with van der Waals surface area (Å²) in [5.74, 6) is 0. The molecule has 4 N–H and O–H groups in total. The number of hydrogen-bond acceptors (Lipinski definition) is 4. The molecule has 2 aromatic carbocycles. The number of nitrogens with zero attached hydrogens (tertiary/aromatic N) is 1. The van der Waals surface area contributed by atoms with Gasteiger partial charge in [-0.15, -0.1) is 0 Å². The smallest absolute Gasteiger partial charge is 0.324 e. The van der Waals surface area contributed by atoms with Crippen molar-refractivity contribution in [1.82, 2.24) is 3.96 Å². The van der Waals surface area contributed by atoms with E-state index in [1.807, 2.05) is 12.1 Å². The van der Waals surface area contributed by atoms with Crippen LogP contribution in [0.4, 0.5) is 0 Å². The second-order valence-electron chi connectivity index (χ2n) is 5.72. The summed E-state index contributed by atoms with van der Waals surface area (Å²) < 4.78 is 25.1. The van der Waals surface area contributed by atoms with Crippen LogP contribution in [0.5, 0.6) is 0 Å². The number of fused-ring (bicyclic) bond motifs is 1. The molecule has 0 amide bonds. The van der Waals surface area contributed by atoms with E-state index in [0.29, 0.717) is 16.6 Å². The maximum Gasteiger partial charge on any atom is 0.341 e. The van der Waals surface area contributed by atoms with Gasteiger partial charge in [-0.3, -0.25) is 13.9 Å². The van der Waals surface area contributed by atoms with Crippen LogP contribution in [0.25, 0.3) is 15.8 Å². The number of aromatic nitrogens is 1. The van der Waals surface area contributed by atoms with Crippen molar-refractivity contribution >= 4 is 36.8 Å². The lowest BCUT2D eigenvalue weighted by Gasteiger charge is -2.19. The molecule has 0 saturated carbocycles. The summed E-state index contributed by atoms with van der Waals surface area (Å²) in [4.78, 5) is 49.2. The molecular formula is C15H15NO7P2S. The van der Waals surface area contributed by atoms with Gasteiger partial charge in [0.2, 0.25) is 0 Å². The predicted octanol–water partition coefficient (Wildman–Crippen LogP) is 2.28. The van der Waals surface area contributed by atoms with E-state index in [1.165, 1.54) is 27.6 Å². The maximum atomic E-state index is 12.4. The molecule has 138 valence electrons. The second-order valence-corrected chi connectivity index (χ2v) is 10.7. The van der Waals surface area contributed by atoms with Crippen LogP contribution < -0.4 is 5.56 Å². The Balaban J connectivity index is 1.93. The van der Waals surface area contributed by atoms with Gasteiger partial charge in [0.15, 0.2) is 5.40 Å². The third kappa shape index (κ3) is 3.89. The van der Waals surface area contributed by atoms with Crippen molar-refractivity contribution in [2.75, 3.05) is 0 Å². The molecule has 1 heterocycles. The Morgan fingerprint density at radius 1 is 0.923 bits per heavy atom. The van der Waals surface area contributed by atoms with E-state index in [9.17, 15) is 33.5 Å². The van der Waals surface area contributed by atoms with E-state index in [1.54, 1.807) is 24.3 Å². The van der Waals surface area contributed by atoms with Crippen LogP contribution in [0.2, 0.25) is 0 Å². The molecule has 0 unspecified atom stereocenters. The highest BCUT2D eigenvalue weighted by Gasteiger charge is 2.43. The second kappa shape index (κ2) is 6.87. The van der Waals surface area contributed by atoms with E-state index in [2.05, 4.69) is 0 Å². The number of hydrogen-bond donors (Lipinski definition) is 4. The van der Waals surface area contributed by atoms with E-state index >= 15 is 0 Å². The Hall–Kier alpha value is -1.57. The minimum atomic E-state index is -4.98. The fourth-order valence-electron chi connectivity index (χ4n) is 2.55. The van der Waals surface area contributed by atoms with Crippen molar-refractivity contribution < 1.29 is 28.7 Å². The molecule has 0 aliphatic carbocycles. The standard InChI is InChI=1S/C15H15NO7P2S/c17-15-12-3-1-2-4-13(12)26-16(15)11-7-5-10(6-8-11)9-14(24(18,19)20)25(21,22)23/h1-8,14H,9H2,(H2,18,19,20)(H2,21,22,23). The van der Waals surface area contributed by atoms with Crippen molar-refractivity contribution in [3.8, 4) is 5.69 Å². The lowest BCUT2D eigenvalue weighted by Crippen LogP contribution is -2.13. The van der Waals surface area contributed by atoms with Crippen molar-refractivity contribution in [3.05, 3.63) is 64.4 Å². The molecule has 0 radical (unpaired) electrons. The fourth-order valence-corrected chi connectivity index (χ4v) is 6.02. The molecule has 8 nitrogen and oxygen atoms in total. The molecule has 3 rings (SSSR count). The highest BCUT2D eigenvalue weighted by molar-refractivity contribution is 7.70. The van der Waals surface area contributed by atoms with E-state index in [0.717, 1.165) is 4.70 Å². The van der Waals surface area contributed by atoms with Crippen molar-refractivity contribution in [2.24, 2.45) is 0 Å². The first-order valence-electron chi connectivity index (χ1n) is 7.38. The summed E-state index contributed by atoms with van der Waals surface area (Å²) >= 11 is 1.26. The Labute approximate surface area is 151 Å². The van der Waals surface area contributed by atoms with Gasteiger partial charge < -0.3 is 19.6 Å². The summed E-state index contributed by atoms with van der Waals surface area (Å²) in [7, 11) is -9.95. The summed E-state index contributed by atoms with van der Waals surface area (Å²) in [6.07, 6.45) is -0.476. The average Bonchev–Trinajstić information content (AvgIpc) is 2.88. The minimum absolute atomic E-state index is 0.179. The zero-order chi connectivity index (χ0) is 19.1. The summed E-state index contributed by atoms with van der Waals surface area (Å²) in [6.45, 7) is 0. The van der Waals surface area contributed by atoms with Crippen molar-refractivity contribution in [3.63, 3.8) is 0 Å². The van der Waals surface area contributed by atoms with E-state index in [4.69, 9.17) is 0 Å². The van der Waals surface area contributed by atoms with Gasteiger partial charge in [-0.05, 0) is 36.2 Å². The Morgan fingerprint density at radius 3 is 2.04 bits per heavy atom. The van der Waals surface area contributed by atoms with Gasteiger partial charge in [0, 0.05) is 0 Å². The first-order valence-corrected chi connectivity index (χ1v) is 11.5. The largest absolute Gasteiger partial charge is 0.341 e. The van der Waals surface area contributed by atoms with Gasteiger partial charge in [0.25, 0.3) is 5.56 Å². The van der Waals surface area contributed by atoms with Crippen LogP contribution in [0.15, 0.2) is 53.3 Å². The third-order valence-electron chi connectivity index (χ3n) is 3.86. The van der Waals surface area contributed by atoms with Gasteiger partial charge in [0.05, 0.1) is 15.8 Å². The monoisotopic (exact) mass is 415 g/mol. The molecule has 0 fully saturated rings. The summed E-state index contributed by atoms with van der Waals surface area (Å²) in [6, 6.07) is 13.3. The fraction of sp³-hybridized carbons (Fsp3) is 0.133. The molecule has 0 spiro atoms. The van der Waals surface area contributed by atoms with E-state index < -0.39 is 27.0 Å². The van der Waals surface area contributed by atoms with Gasteiger partial charge in [0.1, 0.15) is 0 Å². The molecule has 0 atom stereocenters. The lowest BCUT2D eigenvalue weighted by molar-refractivity contribution is 0.338. The molecule has 0 aliphatic heterocycles. The molecule has 0 saturated heterocycles. The Morgan fingerprint density at radius 2 is 1.50 bits per heavy atom. The van der Waals surface area contributed by atoms with Crippen molar-refractivity contribution in [1.29, 1.82) is 0 Å². The van der Waals surface area contributed by atoms with Crippen LogP contribution in [-0.4, -0.2) is 28.9 Å². The van der Waals surface area contributed by atoms with Crippen molar-refractivity contribution in [2.45, 2.75) is 11.8 Å². The molecule has 0 aliphatic rings. The van der Waals surface area contributed by atoms with Crippen LogP contribution in [0.3, 0.4) is 0 Å². The topological polar surface area (TPSA) is 137 Å². The van der Waals surface area contributed by atoms with Gasteiger partial charge in [-0.25, -0.2) is 3.96 Å². The van der Waals surface area contributed by atoms with Gasteiger partial charge in [-0.2, -0.15) is 0 Å². The molecule has 11 heteroatoms. The summed E-state index contributed by atoms with van der Waals surface area (Å²) in [5, 5.41) is -1.50. The lowest BCUT2D eigenvalue weighted by atomic mass is 10.1. The maximum absolute atomic E-state index is 12.4. The highest BCUT2D eigenvalue weighted by Crippen LogP contribution is 2.60. The Kier molecular flexibility index (Phi) is 5.07. The summed E-state index contributed by atoms with van der Waals surface area (Å²) in [5.41, 5.74) is 0.727. The SMILES string of the molecule is O=c1c2ccccc2sn1-c1ccc(CC(P(=O)(O)O)P(=O)(O)O)cc1. The molecular weight excluding hydrogens is 400 g/mol. The van der Waals surface area contributed by atoms with Crippen LogP contribution in [-0.2, 0) is 15.6 Å². The van der Waals surface area contributed by atoms with Gasteiger partial charge in [-0.1, -0.05) is 35.8 Å². The molecule has 26 heavy (non-hydrogen) atoms. The highest BCUT2D eigenvalue weighted by atomic mass is 32.1. The quantitative estimate of drug-likeness (QED) is 0.469. The van der Waals surface area contributed by atoms with E-state index in [-0.39, 0.29) is 5.56 Å². The first-order chi connectivity index (χ1) is 12.1. The minimum Gasteiger partial charge on any atom is -0.324 e. The average molecular weight is 415 g/mol. The number of rotatable bonds is 5. The van der Waals surface area contributed by atoms with Crippen LogP contribution in [0, 0.1) is 0 Å². The van der Waals surface area contributed by atoms with Crippen LogP contribution in [0.1, 0.15) is 5.56 Å². The van der Waals surface area contributed by atoms with Gasteiger partial charge >= 0.3 is 15.2 Å². The molecule has 3 aromatic rings. The zero-order valence-electron chi connectivity index (χ0n) is 13.2. The normalized spacial score (nSPS) is 12.8. The van der Waals surface area contributed by atoms with Crippen LogP contribution >= 0.6 is 26.7 Å². The number of benzene rings is 2. The Bertz CT molecular complexity index is 1070. The predicted molar refractivity (Wildman–Crippen MR) is 99.0 cm³/mol. The third-order valence-corrected chi connectivity index (χ3v) is 8.69.